The largest absolute Gasteiger partial charge is 0.490 e. The summed E-state index contributed by atoms with van der Waals surface area (Å²) in [6.45, 7) is 0. The standard InChI is InChI=1S/2C11H10BNO2/c2*14-12(15)10-6-7-11(13-8-10)9-4-2-1-3-5-9/h2*1-8,14-15H. The molecule has 0 saturated heterocycles. The molecular formula is C22H20B2N2O4. The first-order chi connectivity index (χ1) is 14.5. The van der Waals surface area contributed by atoms with Crippen LogP contribution in [-0.4, -0.2) is 44.3 Å². The third kappa shape index (κ3) is 5.85. The first-order valence-electron chi connectivity index (χ1n) is 9.29. The molecular weight excluding hydrogens is 378 g/mol. The van der Waals surface area contributed by atoms with E-state index in [1.165, 1.54) is 12.4 Å². The Kier molecular flexibility index (Phi) is 7.48. The summed E-state index contributed by atoms with van der Waals surface area (Å²) in [6.07, 6.45) is 2.93. The maximum Gasteiger partial charge on any atom is 0.490 e. The average molecular weight is 398 g/mol. The lowest BCUT2D eigenvalue weighted by Crippen LogP contribution is -2.29. The Morgan fingerprint density at radius 3 is 1.10 bits per heavy atom. The van der Waals surface area contributed by atoms with Crippen LogP contribution in [0.3, 0.4) is 0 Å². The third-order valence-electron chi connectivity index (χ3n) is 4.31. The van der Waals surface area contributed by atoms with Gasteiger partial charge in [-0.05, 0) is 12.1 Å². The molecule has 0 unspecified atom stereocenters. The van der Waals surface area contributed by atoms with E-state index in [-0.39, 0.29) is 0 Å². The summed E-state index contributed by atoms with van der Waals surface area (Å²) in [7, 11) is -2.91. The normalized spacial score (nSPS) is 10.0. The Hall–Kier alpha value is -3.29. The van der Waals surface area contributed by atoms with Gasteiger partial charge in [0.05, 0.1) is 11.4 Å². The Morgan fingerprint density at radius 2 is 0.833 bits per heavy atom. The highest BCUT2D eigenvalue weighted by atomic mass is 16.4. The highest BCUT2D eigenvalue weighted by Crippen LogP contribution is 2.15. The molecule has 4 N–H and O–H groups in total. The Balaban J connectivity index is 0.000000171. The molecule has 0 amide bonds. The molecule has 8 heteroatoms. The lowest BCUT2D eigenvalue weighted by atomic mass is 9.81. The molecule has 2 heterocycles. The Bertz CT molecular complexity index is 943. The van der Waals surface area contributed by atoms with Crippen LogP contribution in [0.2, 0.25) is 0 Å². The minimum Gasteiger partial charge on any atom is -0.423 e. The van der Waals surface area contributed by atoms with Crippen molar-refractivity contribution in [1.29, 1.82) is 0 Å². The van der Waals surface area contributed by atoms with Gasteiger partial charge in [0.1, 0.15) is 0 Å². The van der Waals surface area contributed by atoms with E-state index in [4.69, 9.17) is 20.1 Å². The Labute approximate surface area is 175 Å². The van der Waals surface area contributed by atoms with Crippen molar-refractivity contribution in [1.82, 2.24) is 9.97 Å². The van der Waals surface area contributed by atoms with Gasteiger partial charge in [0, 0.05) is 34.4 Å². The van der Waals surface area contributed by atoms with Crippen molar-refractivity contribution in [3.63, 3.8) is 0 Å². The molecule has 0 fully saturated rings. The van der Waals surface area contributed by atoms with Crippen LogP contribution in [0.1, 0.15) is 0 Å². The van der Waals surface area contributed by atoms with Crippen molar-refractivity contribution in [3.05, 3.63) is 97.3 Å². The molecule has 4 aromatic rings. The fraction of sp³-hybridized carbons (Fsp3) is 0. The second-order valence-electron chi connectivity index (χ2n) is 6.43. The van der Waals surface area contributed by atoms with E-state index in [9.17, 15) is 0 Å². The summed E-state index contributed by atoms with van der Waals surface area (Å²) in [5, 5.41) is 35.6. The molecule has 148 valence electrons. The highest BCUT2D eigenvalue weighted by molar-refractivity contribution is 6.58. The van der Waals surface area contributed by atoms with E-state index < -0.39 is 14.2 Å². The number of aromatic nitrogens is 2. The van der Waals surface area contributed by atoms with Gasteiger partial charge in [-0.1, -0.05) is 72.8 Å². The van der Waals surface area contributed by atoms with Crippen molar-refractivity contribution in [3.8, 4) is 22.5 Å². The summed E-state index contributed by atoms with van der Waals surface area (Å²) < 4.78 is 0. The van der Waals surface area contributed by atoms with Gasteiger partial charge >= 0.3 is 14.2 Å². The van der Waals surface area contributed by atoms with Crippen molar-refractivity contribution >= 4 is 25.2 Å². The van der Waals surface area contributed by atoms with Crippen LogP contribution < -0.4 is 10.9 Å². The van der Waals surface area contributed by atoms with Crippen LogP contribution in [0.15, 0.2) is 97.3 Å². The number of rotatable bonds is 4. The Morgan fingerprint density at radius 1 is 0.467 bits per heavy atom. The van der Waals surface area contributed by atoms with Gasteiger partial charge in [0.2, 0.25) is 0 Å². The summed E-state index contributed by atoms with van der Waals surface area (Å²) in [5.74, 6) is 0. The second kappa shape index (κ2) is 10.5. The number of nitrogens with zero attached hydrogens (tertiary/aromatic N) is 2. The van der Waals surface area contributed by atoms with Gasteiger partial charge in [-0.15, -0.1) is 0 Å². The van der Waals surface area contributed by atoms with E-state index in [1.54, 1.807) is 24.3 Å². The van der Waals surface area contributed by atoms with E-state index in [1.807, 2.05) is 60.7 Å². The predicted molar refractivity (Wildman–Crippen MR) is 119 cm³/mol. The van der Waals surface area contributed by atoms with E-state index in [2.05, 4.69) is 9.97 Å². The summed E-state index contributed by atoms with van der Waals surface area (Å²) in [4.78, 5) is 8.30. The molecule has 0 bridgehead atoms. The zero-order chi connectivity index (χ0) is 21.3. The zero-order valence-corrected chi connectivity index (χ0v) is 16.1. The average Bonchev–Trinajstić information content (AvgIpc) is 2.81. The van der Waals surface area contributed by atoms with Crippen molar-refractivity contribution in [2.24, 2.45) is 0 Å². The molecule has 4 rings (SSSR count). The number of benzene rings is 2. The maximum absolute atomic E-state index is 8.90. The number of pyridine rings is 2. The molecule has 0 aliphatic heterocycles. The molecule has 0 aliphatic rings. The minimum atomic E-state index is -1.46. The SMILES string of the molecule is OB(O)c1ccc(-c2ccccc2)nc1.OB(O)c1ccc(-c2ccccc2)nc1. The van der Waals surface area contributed by atoms with Crippen molar-refractivity contribution in [2.75, 3.05) is 0 Å². The van der Waals surface area contributed by atoms with Crippen LogP contribution in [0, 0.1) is 0 Å². The van der Waals surface area contributed by atoms with Crippen LogP contribution in [0.5, 0.6) is 0 Å². The summed E-state index contributed by atoms with van der Waals surface area (Å²) >= 11 is 0. The lowest BCUT2D eigenvalue weighted by molar-refractivity contribution is 0.424. The minimum absolute atomic E-state index is 0.398. The first-order valence-corrected chi connectivity index (χ1v) is 9.29. The lowest BCUT2D eigenvalue weighted by Gasteiger charge is -2.02. The van der Waals surface area contributed by atoms with Crippen LogP contribution in [0.25, 0.3) is 22.5 Å². The first kappa shape index (κ1) is 21.4. The van der Waals surface area contributed by atoms with Gasteiger partial charge in [-0.25, -0.2) is 0 Å². The van der Waals surface area contributed by atoms with Crippen LogP contribution >= 0.6 is 0 Å². The van der Waals surface area contributed by atoms with E-state index in [0.29, 0.717) is 10.9 Å². The van der Waals surface area contributed by atoms with Gasteiger partial charge in [-0.3, -0.25) is 9.97 Å². The molecule has 2 aromatic carbocycles. The fourth-order valence-electron chi connectivity index (χ4n) is 2.68. The van der Waals surface area contributed by atoms with E-state index >= 15 is 0 Å². The van der Waals surface area contributed by atoms with Gasteiger partial charge in [0.25, 0.3) is 0 Å². The molecule has 0 saturated carbocycles. The molecule has 0 spiro atoms. The van der Waals surface area contributed by atoms with Crippen molar-refractivity contribution in [2.45, 2.75) is 0 Å². The van der Waals surface area contributed by atoms with Gasteiger partial charge < -0.3 is 20.1 Å². The number of hydrogen-bond acceptors (Lipinski definition) is 6. The van der Waals surface area contributed by atoms with Gasteiger partial charge in [-0.2, -0.15) is 0 Å². The molecule has 30 heavy (non-hydrogen) atoms. The fourth-order valence-corrected chi connectivity index (χ4v) is 2.68. The molecule has 2 aromatic heterocycles. The third-order valence-corrected chi connectivity index (χ3v) is 4.31. The maximum atomic E-state index is 8.90. The van der Waals surface area contributed by atoms with Crippen LogP contribution in [-0.2, 0) is 0 Å². The zero-order valence-electron chi connectivity index (χ0n) is 16.1. The van der Waals surface area contributed by atoms with E-state index in [0.717, 1.165) is 22.5 Å². The summed E-state index contributed by atoms with van der Waals surface area (Å²) in [6, 6.07) is 26.3. The molecule has 0 radical (unpaired) electrons. The number of hydrogen-bond donors (Lipinski definition) is 4. The van der Waals surface area contributed by atoms with Crippen molar-refractivity contribution < 1.29 is 20.1 Å². The molecule has 0 aliphatic carbocycles. The predicted octanol–water partition coefficient (Wildman–Crippen LogP) is 0.857. The smallest absolute Gasteiger partial charge is 0.423 e. The molecule has 0 atom stereocenters. The monoisotopic (exact) mass is 398 g/mol. The quantitative estimate of drug-likeness (QED) is 0.380. The topological polar surface area (TPSA) is 107 Å². The van der Waals surface area contributed by atoms with Crippen LogP contribution in [0.4, 0.5) is 0 Å². The molecule has 6 nitrogen and oxygen atoms in total. The van der Waals surface area contributed by atoms with Gasteiger partial charge in [0.15, 0.2) is 0 Å². The second-order valence-corrected chi connectivity index (χ2v) is 6.43. The summed E-state index contributed by atoms with van der Waals surface area (Å²) in [5.41, 5.74) is 4.46. The highest BCUT2D eigenvalue weighted by Gasteiger charge is 2.11.